The fourth-order valence-electron chi connectivity index (χ4n) is 3.24. The van der Waals surface area contributed by atoms with Crippen LogP contribution < -0.4 is 0 Å². The van der Waals surface area contributed by atoms with E-state index in [9.17, 15) is 4.79 Å². The van der Waals surface area contributed by atoms with Crippen molar-refractivity contribution in [2.75, 3.05) is 26.2 Å². The van der Waals surface area contributed by atoms with Crippen molar-refractivity contribution in [1.29, 1.82) is 5.26 Å². The third-order valence-electron chi connectivity index (χ3n) is 4.73. The first-order chi connectivity index (χ1) is 12.7. The maximum absolute atomic E-state index is 12.6. The second-order valence-electron chi connectivity index (χ2n) is 6.59. The molecule has 134 valence electrons. The van der Waals surface area contributed by atoms with Gasteiger partial charge in [0.15, 0.2) is 0 Å². The fraction of sp³-hybridized carbons (Fsp3) is 0.333. The average molecular weight is 368 g/mol. The first-order valence-corrected chi connectivity index (χ1v) is 9.26. The SMILES string of the molecule is N#Cc1ccc(CN2CCCN(C(=O)Cc3ccccc3Cl)CC2)cc1. The number of benzene rings is 2. The van der Waals surface area contributed by atoms with E-state index in [-0.39, 0.29) is 5.91 Å². The lowest BCUT2D eigenvalue weighted by Crippen LogP contribution is -2.36. The number of nitriles is 1. The summed E-state index contributed by atoms with van der Waals surface area (Å²) in [5.74, 6) is 0.137. The summed E-state index contributed by atoms with van der Waals surface area (Å²) in [5.41, 5.74) is 2.76. The van der Waals surface area contributed by atoms with Gasteiger partial charge in [-0.15, -0.1) is 0 Å². The van der Waals surface area contributed by atoms with Gasteiger partial charge in [0.05, 0.1) is 18.1 Å². The number of hydrogen-bond donors (Lipinski definition) is 0. The minimum atomic E-state index is 0.137. The summed E-state index contributed by atoms with van der Waals surface area (Å²) < 4.78 is 0. The Balaban J connectivity index is 1.55. The molecule has 1 fully saturated rings. The number of rotatable bonds is 4. The summed E-state index contributed by atoms with van der Waals surface area (Å²) in [6, 6.07) is 17.4. The van der Waals surface area contributed by atoms with Gasteiger partial charge in [-0.1, -0.05) is 41.9 Å². The zero-order valence-corrected chi connectivity index (χ0v) is 15.5. The highest BCUT2D eigenvalue weighted by Gasteiger charge is 2.20. The second kappa shape index (κ2) is 8.84. The Bertz CT molecular complexity index is 798. The lowest BCUT2D eigenvalue weighted by atomic mass is 10.1. The van der Waals surface area contributed by atoms with Crippen LogP contribution in [0.1, 0.15) is 23.1 Å². The van der Waals surface area contributed by atoms with Gasteiger partial charge in [0, 0.05) is 37.7 Å². The van der Waals surface area contributed by atoms with E-state index in [1.807, 2.05) is 53.4 Å². The van der Waals surface area contributed by atoms with Crippen LogP contribution in [0, 0.1) is 11.3 Å². The maximum atomic E-state index is 12.6. The smallest absolute Gasteiger partial charge is 0.227 e. The molecule has 3 rings (SSSR count). The van der Waals surface area contributed by atoms with Crippen molar-refractivity contribution >= 4 is 17.5 Å². The first kappa shape index (κ1) is 18.4. The van der Waals surface area contributed by atoms with Crippen LogP contribution in [0.25, 0.3) is 0 Å². The third-order valence-corrected chi connectivity index (χ3v) is 5.10. The van der Waals surface area contributed by atoms with Crippen molar-refractivity contribution in [2.24, 2.45) is 0 Å². The van der Waals surface area contributed by atoms with Crippen LogP contribution >= 0.6 is 11.6 Å². The van der Waals surface area contributed by atoms with E-state index in [4.69, 9.17) is 16.9 Å². The Kier molecular flexibility index (Phi) is 6.27. The van der Waals surface area contributed by atoms with Gasteiger partial charge in [0.2, 0.25) is 5.91 Å². The molecule has 1 saturated heterocycles. The fourth-order valence-corrected chi connectivity index (χ4v) is 3.44. The van der Waals surface area contributed by atoms with Crippen molar-refractivity contribution in [3.8, 4) is 6.07 Å². The summed E-state index contributed by atoms with van der Waals surface area (Å²) >= 11 is 6.18. The van der Waals surface area contributed by atoms with Crippen LogP contribution in [0.2, 0.25) is 5.02 Å². The van der Waals surface area contributed by atoms with Crippen LogP contribution in [0.15, 0.2) is 48.5 Å². The Hall–Kier alpha value is -2.35. The van der Waals surface area contributed by atoms with E-state index in [0.717, 1.165) is 44.7 Å². The molecule has 1 aliphatic rings. The molecule has 26 heavy (non-hydrogen) atoms. The van der Waals surface area contributed by atoms with Crippen LogP contribution in [-0.4, -0.2) is 41.9 Å². The molecule has 0 spiro atoms. The molecule has 0 N–H and O–H groups in total. The highest BCUT2D eigenvalue weighted by molar-refractivity contribution is 6.31. The van der Waals surface area contributed by atoms with Gasteiger partial charge in [-0.2, -0.15) is 5.26 Å². The molecule has 2 aromatic carbocycles. The van der Waals surface area contributed by atoms with Crippen molar-refractivity contribution in [1.82, 2.24) is 9.80 Å². The predicted molar refractivity (Wildman–Crippen MR) is 103 cm³/mol. The molecule has 0 radical (unpaired) electrons. The summed E-state index contributed by atoms with van der Waals surface area (Å²) in [5, 5.41) is 9.54. The van der Waals surface area contributed by atoms with Gasteiger partial charge in [-0.25, -0.2) is 0 Å². The van der Waals surface area contributed by atoms with Crippen molar-refractivity contribution in [3.63, 3.8) is 0 Å². The molecule has 0 saturated carbocycles. The number of carbonyl (C=O) groups is 1. The Morgan fingerprint density at radius 1 is 1.04 bits per heavy atom. The maximum Gasteiger partial charge on any atom is 0.227 e. The number of carbonyl (C=O) groups excluding carboxylic acids is 1. The minimum Gasteiger partial charge on any atom is -0.341 e. The summed E-state index contributed by atoms with van der Waals surface area (Å²) in [4.78, 5) is 16.9. The molecule has 0 aliphatic carbocycles. The summed E-state index contributed by atoms with van der Waals surface area (Å²) in [6.07, 6.45) is 1.32. The number of amides is 1. The quantitative estimate of drug-likeness (QED) is 0.831. The number of halogens is 1. The molecule has 0 unspecified atom stereocenters. The van der Waals surface area contributed by atoms with E-state index in [0.29, 0.717) is 17.0 Å². The normalized spacial score (nSPS) is 15.3. The Morgan fingerprint density at radius 2 is 1.81 bits per heavy atom. The van der Waals surface area contributed by atoms with Gasteiger partial charge in [-0.05, 0) is 35.7 Å². The zero-order chi connectivity index (χ0) is 18.4. The molecular formula is C21H22ClN3O. The Morgan fingerprint density at radius 3 is 2.54 bits per heavy atom. The molecule has 0 bridgehead atoms. The second-order valence-corrected chi connectivity index (χ2v) is 6.99. The summed E-state index contributed by atoms with van der Waals surface area (Å²) in [7, 11) is 0. The number of nitrogens with zero attached hydrogens (tertiary/aromatic N) is 3. The molecule has 0 aromatic heterocycles. The average Bonchev–Trinajstić information content (AvgIpc) is 2.90. The van der Waals surface area contributed by atoms with Gasteiger partial charge >= 0.3 is 0 Å². The predicted octanol–water partition coefficient (Wildman–Crippen LogP) is 3.49. The van der Waals surface area contributed by atoms with E-state index >= 15 is 0 Å². The molecule has 1 heterocycles. The van der Waals surface area contributed by atoms with E-state index in [1.165, 1.54) is 5.56 Å². The van der Waals surface area contributed by atoms with E-state index < -0.39 is 0 Å². The lowest BCUT2D eigenvalue weighted by molar-refractivity contribution is -0.130. The molecule has 1 aliphatic heterocycles. The van der Waals surface area contributed by atoms with Gasteiger partial charge in [0.1, 0.15) is 0 Å². The molecular weight excluding hydrogens is 346 g/mol. The Labute approximate surface area is 159 Å². The molecule has 1 amide bonds. The third kappa shape index (κ3) is 4.85. The van der Waals surface area contributed by atoms with Crippen LogP contribution in [0.4, 0.5) is 0 Å². The molecule has 4 nitrogen and oxygen atoms in total. The van der Waals surface area contributed by atoms with E-state index in [2.05, 4.69) is 11.0 Å². The minimum absolute atomic E-state index is 0.137. The molecule has 0 atom stereocenters. The lowest BCUT2D eigenvalue weighted by Gasteiger charge is -2.22. The monoisotopic (exact) mass is 367 g/mol. The van der Waals surface area contributed by atoms with Crippen molar-refractivity contribution in [2.45, 2.75) is 19.4 Å². The summed E-state index contributed by atoms with van der Waals surface area (Å²) in [6.45, 7) is 4.19. The van der Waals surface area contributed by atoms with Crippen molar-refractivity contribution < 1.29 is 4.79 Å². The van der Waals surface area contributed by atoms with E-state index in [1.54, 1.807) is 0 Å². The van der Waals surface area contributed by atoms with Gasteiger partial charge < -0.3 is 4.90 Å². The van der Waals surface area contributed by atoms with Gasteiger partial charge in [0.25, 0.3) is 0 Å². The molecule has 2 aromatic rings. The largest absolute Gasteiger partial charge is 0.341 e. The standard InChI is InChI=1S/C21H22ClN3O/c22-20-5-2-1-4-19(20)14-21(26)25-11-3-10-24(12-13-25)16-18-8-6-17(15-23)7-9-18/h1-2,4-9H,3,10-14,16H2. The van der Waals surface area contributed by atoms with Crippen LogP contribution in [0.5, 0.6) is 0 Å². The molecule has 5 heteroatoms. The number of hydrogen-bond acceptors (Lipinski definition) is 3. The van der Waals surface area contributed by atoms with Crippen molar-refractivity contribution in [3.05, 3.63) is 70.2 Å². The highest BCUT2D eigenvalue weighted by atomic mass is 35.5. The first-order valence-electron chi connectivity index (χ1n) is 8.88. The van der Waals surface area contributed by atoms with Crippen LogP contribution in [0.3, 0.4) is 0 Å². The zero-order valence-electron chi connectivity index (χ0n) is 14.7. The van der Waals surface area contributed by atoms with Crippen LogP contribution in [-0.2, 0) is 17.8 Å². The van der Waals surface area contributed by atoms with Gasteiger partial charge in [-0.3, -0.25) is 9.69 Å². The highest BCUT2D eigenvalue weighted by Crippen LogP contribution is 2.17. The topological polar surface area (TPSA) is 47.3 Å².